The van der Waals surface area contributed by atoms with Crippen LogP contribution < -0.4 is 0 Å². The van der Waals surface area contributed by atoms with Gasteiger partial charge in [-0.3, -0.25) is 0 Å². The first-order chi connectivity index (χ1) is 9.88. The van der Waals surface area contributed by atoms with Crippen LogP contribution in [0.15, 0.2) is 0 Å². The van der Waals surface area contributed by atoms with Gasteiger partial charge in [-0.1, -0.05) is 64.7 Å². The number of unbranched alkanes of at least 4 members (excludes halogenated alkanes) is 9. The summed E-state index contributed by atoms with van der Waals surface area (Å²) in [6.07, 6.45) is 6.75. The van der Waals surface area contributed by atoms with E-state index in [0.717, 1.165) is 19.3 Å². The molecule has 2 nitrogen and oxygen atoms in total. The SMILES string of the molecule is CCCCCCCCCCCCC(C)OC(=O)C(F)(F)F. The zero-order valence-electron chi connectivity index (χ0n) is 13.3. The van der Waals surface area contributed by atoms with Crippen LogP contribution in [0.2, 0.25) is 0 Å². The Morgan fingerprint density at radius 1 is 0.905 bits per heavy atom. The fraction of sp³-hybridized carbons (Fsp3) is 0.938. The van der Waals surface area contributed by atoms with Crippen molar-refractivity contribution in [2.24, 2.45) is 0 Å². The van der Waals surface area contributed by atoms with Crippen LogP contribution in [0.5, 0.6) is 0 Å². The predicted octanol–water partition coefficient (Wildman–Crippen LogP) is 5.79. The minimum atomic E-state index is -4.88. The summed E-state index contributed by atoms with van der Waals surface area (Å²) in [7, 11) is 0. The Morgan fingerprint density at radius 3 is 1.76 bits per heavy atom. The monoisotopic (exact) mass is 310 g/mol. The Bertz CT molecular complexity index is 265. The summed E-state index contributed by atoms with van der Waals surface area (Å²) in [4.78, 5) is 10.6. The highest BCUT2D eigenvalue weighted by Gasteiger charge is 2.41. The number of ether oxygens (including phenoxy) is 1. The molecule has 0 amide bonds. The molecular weight excluding hydrogens is 281 g/mol. The molecule has 1 atom stereocenters. The first-order valence-corrected chi connectivity index (χ1v) is 8.15. The van der Waals surface area contributed by atoms with Gasteiger partial charge < -0.3 is 4.74 Å². The van der Waals surface area contributed by atoms with E-state index in [2.05, 4.69) is 11.7 Å². The van der Waals surface area contributed by atoms with Crippen molar-refractivity contribution in [3.8, 4) is 0 Å². The highest BCUT2D eigenvalue weighted by atomic mass is 19.4. The minimum absolute atomic E-state index is 0.498. The Morgan fingerprint density at radius 2 is 1.33 bits per heavy atom. The second-order valence-corrected chi connectivity index (χ2v) is 5.68. The van der Waals surface area contributed by atoms with Crippen molar-refractivity contribution in [2.45, 2.75) is 96.8 Å². The molecule has 0 saturated carbocycles. The first kappa shape index (κ1) is 20.3. The molecule has 0 bridgehead atoms. The maximum absolute atomic E-state index is 12.0. The zero-order valence-corrected chi connectivity index (χ0v) is 13.3. The van der Waals surface area contributed by atoms with Gasteiger partial charge in [0.2, 0.25) is 0 Å². The van der Waals surface area contributed by atoms with Crippen LogP contribution in [0.3, 0.4) is 0 Å². The highest BCUT2D eigenvalue weighted by molar-refractivity contribution is 5.75. The van der Waals surface area contributed by atoms with Gasteiger partial charge in [-0.2, -0.15) is 13.2 Å². The number of hydrogen-bond donors (Lipinski definition) is 0. The molecule has 0 rings (SSSR count). The number of rotatable bonds is 12. The van der Waals surface area contributed by atoms with Gasteiger partial charge in [0.05, 0.1) is 6.10 Å². The van der Waals surface area contributed by atoms with E-state index >= 15 is 0 Å². The molecular formula is C16H29F3O2. The van der Waals surface area contributed by atoms with Gasteiger partial charge in [0, 0.05) is 0 Å². The average Bonchev–Trinajstić information content (AvgIpc) is 2.39. The third-order valence-electron chi connectivity index (χ3n) is 3.50. The van der Waals surface area contributed by atoms with E-state index in [0.29, 0.717) is 6.42 Å². The van der Waals surface area contributed by atoms with Crippen LogP contribution in [0.25, 0.3) is 0 Å². The van der Waals surface area contributed by atoms with Crippen molar-refractivity contribution in [1.82, 2.24) is 0 Å². The molecule has 0 spiro atoms. The number of halogens is 3. The Balaban J connectivity index is 3.37. The fourth-order valence-electron chi connectivity index (χ4n) is 2.23. The third-order valence-corrected chi connectivity index (χ3v) is 3.50. The van der Waals surface area contributed by atoms with Gasteiger partial charge in [-0.25, -0.2) is 4.79 Å². The lowest BCUT2D eigenvalue weighted by atomic mass is 10.0. The molecule has 0 aliphatic heterocycles. The van der Waals surface area contributed by atoms with Crippen molar-refractivity contribution in [3.63, 3.8) is 0 Å². The van der Waals surface area contributed by atoms with E-state index in [1.807, 2.05) is 0 Å². The second kappa shape index (κ2) is 11.9. The number of carbonyl (C=O) groups excluding carboxylic acids is 1. The van der Waals surface area contributed by atoms with Gasteiger partial charge in [-0.05, 0) is 19.8 Å². The molecule has 21 heavy (non-hydrogen) atoms. The smallest absolute Gasteiger partial charge is 0.456 e. The minimum Gasteiger partial charge on any atom is -0.456 e. The summed E-state index contributed by atoms with van der Waals surface area (Å²) in [6.45, 7) is 3.71. The molecule has 0 aliphatic rings. The molecule has 126 valence electrons. The van der Waals surface area contributed by atoms with Crippen LogP contribution in [-0.4, -0.2) is 18.2 Å². The molecule has 0 saturated heterocycles. The number of hydrogen-bond acceptors (Lipinski definition) is 2. The van der Waals surface area contributed by atoms with Crippen molar-refractivity contribution in [2.75, 3.05) is 0 Å². The number of alkyl halides is 3. The molecule has 5 heteroatoms. The van der Waals surface area contributed by atoms with Crippen molar-refractivity contribution < 1.29 is 22.7 Å². The largest absolute Gasteiger partial charge is 0.490 e. The molecule has 0 N–H and O–H groups in total. The summed E-state index contributed by atoms with van der Waals surface area (Å²) >= 11 is 0. The van der Waals surface area contributed by atoms with Crippen LogP contribution in [0.4, 0.5) is 13.2 Å². The van der Waals surface area contributed by atoms with E-state index < -0.39 is 18.2 Å². The fourth-order valence-corrected chi connectivity index (χ4v) is 2.23. The lowest BCUT2D eigenvalue weighted by Gasteiger charge is -2.14. The first-order valence-electron chi connectivity index (χ1n) is 8.15. The molecule has 1 unspecified atom stereocenters. The summed E-state index contributed by atoms with van der Waals surface area (Å²) in [5.41, 5.74) is 0. The predicted molar refractivity (Wildman–Crippen MR) is 78.1 cm³/mol. The molecule has 0 aromatic carbocycles. The highest BCUT2D eigenvalue weighted by Crippen LogP contribution is 2.19. The van der Waals surface area contributed by atoms with E-state index in [-0.39, 0.29) is 0 Å². The summed E-state index contributed by atoms with van der Waals surface area (Å²) in [5.74, 6) is -2.08. The van der Waals surface area contributed by atoms with Crippen molar-refractivity contribution >= 4 is 5.97 Å². The Hall–Kier alpha value is -0.740. The van der Waals surface area contributed by atoms with Crippen LogP contribution in [0, 0.1) is 0 Å². The maximum atomic E-state index is 12.0. The number of carbonyl (C=O) groups is 1. The van der Waals surface area contributed by atoms with E-state index in [4.69, 9.17) is 0 Å². The van der Waals surface area contributed by atoms with Gasteiger partial charge in [0.25, 0.3) is 0 Å². The lowest BCUT2D eigenvalue weighted by Crippen LogP contribution is -2.28. The van der Waals surface area contributed by atoms with Crippen LogP contribution in [0.1, 0.15) is 84.5 Å². The van der Waals surface area contributed by atoms with Crippen LogP contribution >= 0.6 is 0 Å². The second-order valence-electron chi connectivity index (χ2n) is 5.68. The van der Waals surface area contributed by atoms with Gasteiger partial charge in [-0.15, -0.1) is 0 Å². The molecule has 0 radical (unpaired) electrons. The third kappa shape index (κ3) is 12.7. The average molecular weight is 310 g/mol. The lowest BCUT2D eigenvalue weighted by molar-refractivity contribution is -0.204. The van der Waals surface area contributed by atoms with Gasteiger partial charge >= 0.3 is 12.1 Å². The van der Waals surface area contributed by atoms with Gasteiger partial charge in [0.1, 0.15) is 0 Å². The van der Waals surface area contributed by atoms with Crippen molar-refractivity contribution in [1.29, 1.82) is 0 Å². The van der Waals surface area contributed by atoms with Crippen molar-refractivity contribution in [3.05, 3.63) is 0 Å². The maximum Gasteiger partial charge on any atom is 0.490 e. The molecule has 0 aromatic rings. The van der Waals surface area contributed by atoms with Gasteiger partial charge in [0.15, 0.2) is 0 Å². The van der Waals surface area contributed by atoms with E-state index in [1.165, 1.54) is 51.9 Å². The molecule has 0 aromatic heterocycles. The normalized spacial score (nSPS) is 13.2. The Labute approximate surface area is 126 Å². The molecule has 0 fully saturated rings. The topological polar surface area (TPSA) is 26.3 Å². The molecule has 0 heterocycles. The Kier molecular flexibility index (Phi) is 11.5. The summed E-state index contributed by atoms with van der Waals surface area (Å²) < 4.78 is 40.3. The standard InChI is InChI=1S/C16H29F3O2/c1-3-4-5-6-7-8-9-10-11-12-13-14(2)21-15(20)16(17,18)19/h14H,3-13H2,1-2H3. The quantitative estimate of drug-likeness (QED) is 0.337. The zero-order chi connectivity index (χ0) is 16.1. The number of esters is 1. The summed E-state index contributed by atoms with van der Waals surface area (Å²) in [5, 5.41) is 0. The van der Waals surface area contributed by atoms with E-state index in [1.54, 1.807) is 0 Å². The van der Waals surface area contributed by atoms with E-state index in [9.17, 15) is 18.0 Å². The molecule has 0 aliphatic carbocycles. The summed E-state index contributed by atoms with van der Waals surface area (Å²) in [6, 6.07) is 0. The van der Waals surface area contributed by atoms with Crippen LogP contribution in [-0.2, 0) is 9.53 Å².